The van der Waals surface area contributed by atoms with Gasteiger partial charge in [0.2, 0.25) is 0 Å². The molecule has 1 aliphatic heterocycles. The van der Waals surface area contributed by atoms with E-state index in [1.54, 1.807) is 188 Å². The van der Waals surface area contributed by atoms with Gasteiger partial charge in [-0.05, 0) is 0 Å². The molecule has 18 heteroatoms. The molecule has 0 saturated carbocycles. The standard InChI is InChI=1S/C42H46N3O12P3/c1-46-31-7-19-37(20-8-31)52-58(53-38-21-9-32(47-2)10-22-38)43-59(54-39-23-11-33(48-3)12-24-39,55-40-25-13-34(49-4)14-26-40)45-60(44-58,56-41-27-15-35(50-5)16-28-41)57-42-29-17-36(51-6)18-30-42/h7-30,43-44,58-59H,1-6H3. The van der Waals surface area contributed by atoms with E-state index in [1.807, 2.05) is 0 Å². The topological polar surface area (TPSA) is 147 Å². The first kappa shape index (κ1) is 42.1. The van der Waals surface area contributed by atoms with Crippen LogP contribution in [0.4, 0.5) is 0 Å². The van der Waals surface area contributed by atoms with Gasteiger partial charge in [-0.1, -0.05) is 0 Å². The van der Waals surface area contributed by atoms with Gasteiger partial charge in [0, 0.05) is 0 Å². The van der Waals surface area contributed by atoms with Gasteiger partial charge in [0.15, 0.2) is 0 Å². The second-order valence-electron chi connectivity index (χ2n) is 12.7. The molecule has 0 amide bonds. The zero-order chi connectivity index (χ0) is 42.0. The molecule has 1 aliphatic rings. The van der Waals surface area contributed by atoms with Crippen molar-refractivity contribution in [3.05, 3.63) is 146 Å². The normalized spacial score (nSPS) is 15.6. The van der Waals surface area contributed by atoms with Crippen LogP contribution in [0, 0.1) is 0 Å². The molecule has 316 valence electrons. The Morgan fingerprint density at radius 3 is 0.833 bits per heavy atom. The average molecular weight is 878 g/mol. The molecule has 60 heavy (non-hydrogen) atoms. The van der Waals surface area contributed by atoms with Gasteiger partial charge in [0.1, 0.15) is 0 Å². The molecule has 7 rings (SSSR count). The predicted octanol–water partition coefficient (Wildman–Crippen LogP) is 10.5. The number of benzene rings is 6. The summed E-state index contributed by atoms with van der Waals surface area (Å²) in [4.78, 5) is 7.11. The van der Waals surface area contributed by atoms with Gasteiger partial charge in [-0.2, -0.15) is 0 Å². The molecule has 0 aromatic heterocycles. The third-order valence-corrected chi connectivity index (χ3v) is 18.7. The molecule has 0 radical (unpaired) electrons. The molecule has 0 bridgehead atoms. The van der Waals surface area contributed by atoms with Crippen LogP contribution in [0.5, 0.6) is 69.0 Å². The van der Waals surface area contributed by atoms with Gasteiger partial charge in [0.25, 0.3) is 0 Å². The van der Waals surface area contributed by atoms with E-state index < -0.39 is 23.7 Å². The third kappa shape index (κ3) is 10.4. The van der Waals surface area contributed by atoms with Crippen LogP contribution in [0.15, 0.2) is 150 Å². The molecule has 6 aromatic carbocycles. The summed E-state index contributed by atoms with van der Waals surface area (Å²) in [5.41, 5.74) is 0. The quantitative estimate of drug-likeness (QED) is 0.0789. The van der Waals surface area contributed by atoms with Crippen LogP contribution in [0.3, 0.4) is 0 Å². The first-order valence-corrected chi connectivity index (χ1v) is 23.6. The maximum absolute atomic E-state index is 7.02. The van der Waals surface area contributed by atoms with Gasteiger partial charge in [-0.15, -0.1) is 0 Å². The fourth-order valence-corrected chi connectivity index (χ4v) is 17.3. The van der Waals surface area contributed by atoms with Crippen LogP contribution in [-0.2, 0) is 0 Å². The molecular formula is C42H46N3O12P3. The van der Waals surface area contributed by atoms with Crippen LogP contribution in [0.2, 0.25) is 0 Å². The fourth-order valence-electron chi connectivity index (χ4n) is 5.77. The molecule has 0 spiro atoms. The second kappa shape index (κ2) is 18.9. The second-order valence-corrected chi connectivity index (χ2v) is 20.0. The molecule has 0 atom stereocenters. The van der Waals surface area contributed by atoms with E-state index in [0.29, 0.717) is 69.0 Å². The monoisotopic (exact) mass is 877 g/mol. The van der Waals surface area contributed by atoms with Crippen molar-refractivity contribution in [3.8, 4) is 69.0 Å². The molecule has 6 aromatic rings. The van der Waals surface area contributed by atoms with E-state index in [-0.39, 0.29) is 0 Å². The van der Waals surface area contributed by atoms with Crippen molar-refractivity contribution in [1.29, 1.82) is 0 Å². The van der Waals surface area contributed by atoms with Gasteiger partial charge < -0.3 is 0 Å². The van der Waals surface area contributed by atoms with Crippen LogP contribution in [0.1, 0.15) is 0 Å². The van der Waals surface area contributed by atoms with Crippen molar-refractivity contribution in [2.75, 3.05) is 42.7 Å². The van der Waals surface area contributed by atoms with Crippen molar-refractivity contribution in [1.82, 2.24) is 9.72 Å². The Kier molecular flexibility index (Phi) is 13.2. The summed E-state index contributed by atoms with van der Waals surface area (Å²) in [5, 5.41) is 0. The first-order valence-electron chi connectivity index (χ1n) is 18.4. The summed E-state index contributed by atoms with van der Waals surface area (Å²) in [7, 11) is -3.24. The third-order valence-electron chi connectivity index (χ3n) is 8.72. The van der Waals surface area contributed by atoms with Crippen molar-refractivity contribution in [2.45, 2.75) is 0 Å². The molecule has 2 N–H and O–H groups in total. The zero-order valence-corrected chi connectivity index (χ0v) is 36.5. The molecule has 0 aliphatic carbocycles. The van der Waals surface area contributed by atoms with E-state index in [0.717, 1.165) is 0 Å². The fraction of sp³-hybridized carbons (Fsp3) is 0.143. The Bertz CT molecular complexity index is 2200. The minimum absolute atomic E-state index is 0.379. The summed E-state index contributed by atoms with van der Waals surface area (Å²) >= 11 is 0. The molecule has 0 fully saturated rings. The summed E-state index contributed by atoms with van der Waals surface area (Å²) in [5.74, 6) is 6.05. The number of rotatable bonds is 18. The number of methoxy groups -OCH3 is 6. The van der Waals surface area contributed by atoms with Gasteiger partial charge in [0.05, 0.1) is 0 Å². The summed E-state index contributed by atoms with van der Waals surface area (Å²) < 4.78 is 80.1. The molecule has 0 saturated heterocycles. The minimum atomic E-state index is -4.43. The van der Waals surface area contributed by atoms with Crippen molar-refractivity contribution in [2.24, 2.45) is 4.52 Å². The number of nitrogens with zero attached hydrogens (tertiary/aromatic N) is 1. The van der Waals surface area contributed by atoms with Crippen LogP contribution in [0.25, 0.3) is 0 Å². The maximum atomic E-state index is 7.02. The van der Waals surface area contributed by atoms with Crippen molar-refractivity contribution in [3.63, 3.8) is 0 Å². The number of hydrogen-bond acceptors (Lipinski definition) is 15. The van der Waals surface area contributed by atoms with E-state index in [2.05, 4.69) is 9.72 Å². The predicted molar refractivity (Wildman–Crippen MR) is 234 cm³/mol. The van der Waals surface area contributed by atoms with Gasteiger partial charge in [-0.3, -0.25) is 0 Å². The van der Waals surface area contributed by atoms with Gasteiger partial charge in [-0.25, -0.2) is 0 Å². The van der Waals surface area contributed by atoms with E-state index in [4.69, 9.17) is 60.1 Å². The Balaban J connectivity index is 1.49. The van der Waals surface area contributed by atoms with Crippen LogP contribution < -0.4 is 65.3 Å². The zero-order valence-electron chi connectivity index (χ0n) is 33.6. The van der Waals surface area contributed by atoms with Crippen molar-refractivity contribution < 1.29 is 55.6 Å². The Morgan fingerprint density at radius 2 is 0.567 bits per heavy atom. The average Bonchev–Trinajstić information content (AvgIpc) is 3.27. The van der Waals surface area contributed by atoms with Crippen LogP contribution in [-0.4, -0.2) is 42.7 Å². The summed E-state index contributed by atoms with van der Waals surface area (Å²) in [6.45, 7) is 0. The Labute approximate surface area is 349 Å². The summed E-state index contributed by atoms with van der Waals surface area (Å²) in [6, 6.07) is 42.2. The van der Waals surface area contributed by atoms with E-state index >= 15 is 0 Å². The Morgan fingerprint density at radius 1 is 0.333 bits per heavy atom. The molecule has 0 unspecified atom stereocenters. The van der Waals surface area contributed by atoms with E-state index in [1.165, 1.54) is 0 Å². The number of nitrogens with one attached hydrogen (secondary N) is 2. The molecule has 15 nitrogen and oxygen atoms in total. The Hall–Kier alpha value is -6.07. The summed E-state index contributed by atoms with van der Waals surface area (Å²) in [6.07, 6.45) is 0. The SMILES string of the molecule is COc1ccc(OP2(Oc3ccc(OC)cc3)=N[PH](Oc3ccc(OC)cc3)(Oc3ccc(OC)cc3)N[PH](Oc3ccc(OC)cc3)(Oc3ccc(OC)cc3)N2)cc1. The number of ether oxygens (including phenoxy) is 6. The molecule has 1 heterocycles. The van der Waals surface area contributed by atoms with Crippen molar-refractivity contribution >= 4 is 23.7 Å². The van der Waals surface area contributed by atoms with Gasteiger partial charge >= 0.3 is 351 Å². The molecular weight excluding hydrogens is 831 g/mol. The number of hydrogen-bond donors (Lipinski definition) is 2. The first-order chi connectivity index (χ1) is 29.2. The van der Waals surface area contributed by atoms with E-state index in [9.17, 15) is 0 Å². The van der Waals surface area contributed by atoms with Crippen LogP contribution >= 0.6 is 23.7 Å².